The van der Waals surface area contributed by atoms with E-state index in [1.807, 2.05) is 18.2 Å². The molecule has 25 heavy (non-hydrogen) atoms. The second kappa shape index (κ2) is 7.31. The Morgan fingerprint density at radius 2 is 1.40 bits per heavy atom. The number of anilines is 3. The van der Waals surface area contributed by atoms with Crippen molar-refractivity contribution in [2.24, 2.45) is 0 Å². The molecule has 0 spiro atoms. The molecule has 3 amide bonds. The zero-order valence-corrected chi connectivity index (χ0v) is 13.4. The van der Waals surface area contributed by atoms with Crippen molar-refractivity contribution in [3.63, 3.8) is 0 Å². The predicted octanol–water partition coefficient (Wildman–Crippen LogP) is 3.88. The number of urea groups is 1. The first-order valence-corrected chi connectivity index (χ1v) is 7.58. The van der Waals surface area contributed by atoms with Crippen molar-refractivity contribution in [1.82, 2.24) is 5.16 Å². The number of carbonyl (C=O) groups excluding carboxylic acids is 2. The molecule has 0 bridgehead atoms. The van der Waals surface area contributed by atoms with Gasteiger partial charge in [-0.3, -0.25) is 4.79 Å². The summed E-state index contributed by atoms with van der Waals surface area (Å²) in [7, 11) is 0. The van der Waals surface area contributed by atoms with Crippen molar-refractivity contribution < 1.29 is 14.1 Å². The van der Waals surface area contributed by atoms with Gasteiger partial charge in [-0.15, -0.1) is 0 Å². The number of amides is 3. The summed E-state index contributed by atoms with van der Waals surface area (Å²) in [6.07, 6.45) is 0. The van der Waals surface area contributed by atoms with Crippen LogP contribution in [-0.4, -0.2) is 17.1 Å². The van der Waals surface area contributed by atoms with Gasteiger partial charge in [-0.1, -0.05) is 23.4 Å². The van der Waals surface area contributed by atoms with E-state index in [1.165, 1.54) is 0 Å². The van der Waals surface area contributed by atoms with Gasteiger partial charge in [-0.25, -0.2) is 4.79 Å². The van der Waals surface area contributed by atoms with Gasteiger partial charge in [0.2, 0.25) is 5.76 Å². The van der Waals surface area contributed by atoms with E-state index in [9.17, 15) is 9.59 Å². The highest BCUT2D eigenvalue weighted by atomic mass is 16.5. The van der Waals surface area contributed by atoms with E-state index in [4.69, 9.17) is 4.52 Å². The van der Waals surface area contributed by atoms with Crippen LogP contribution >= 0.6 is 0 Å². The Bertz CT molecular complexity index is 873. The van der Waals surface area contributed by atoms with Crippen LogP contribution in [0.5, 0.6) is 0 Å². The van der Waals surface area contributed by atoms with Crippen molar-refractivity contribution in [2.75, 3.05) is 16.0 Å². The fourth-order valence-electron chi connectivity index (χ4n) is 2.12. The fourth-order valence-corrected chi connectivity index (χ4v) is 2.12. The smallest absolute Gasteiger partial charge is 0.323 e. The molecule has 0 atom stereocenters. The van der Waals surface area contributed by atoms with Crippen LogP contribution in [0.2, 0.25) is 0 Å². The van der Waals surface area contributed by atoms with Crippen LogP contribution in [0.4, 0.5) is 21.9 Å². The van der Waals surface area contributed by atoms with Crippen molar-refractivity contribution >= 4 is 29.0 Å². The van der Waals surface area contributed by atoms with E-state index < -0.39 is 0 Å². The third kappa shape index (κ3) is 4.44. The van der Waals surface area contributed by atoms with Gasteiger partial charge in [0.25, 0.3) is 5.91 Å². The van der Waals surface area contributed by atoms with Gasteiger partial charge < -0.3 is 20.5 Å². The van der Waals surface area contributed by atoms with Gasteiger partial charge in [-0.05, 0) is 43.3 Å². The summed E-state index contributed by atoms with van der Waals surface area (Å²) in [5.41, 5.74) is 2.51. The summed E-state index contributed by atoms with van der Waals surface area (Å²) in [6.45, 7) is 1.74. The highest BCUT2D eigenvalue weighted by Gasteiger charge is 2.11. The summed E-state index contributed by atoms with van der Waals surface area (Å²) in [4.78, 5) is 23.9. The largest absolute Gasteiger partial charge is 0.351 e. The van der Waals surface area contributed by atoms with Gasteiger partial charge >= 0.3 is 6.03 Å². The number of rotatable bonds is 4. The number of hydrogen-bond acceptors (Lipinski definition) is 4. The molecule has 126 valence electrons. The lowest BCUT2D eigenvalue weighted by Gasteiger charge is -2.08. The Morgan fingerprint density at radius 3 is 1.96 bits per heavy atom. The highest BCUT2D eigenvalue weighted by Crippen LogP contribution is 2.15. The zero-order valence-electron chi connectivity index (χ0n) is 13.4. The molecule has 0 unspecified atom stereocenters. The third-order valence-electron chi connectivity index (χ3n) is 3.28. The van der Waals surface area contributed by atoms with Gasteiger partial charge in [0.15, 0.2) is 0 Å². The maximum absolute atomic E-state index is 12.0. The average Bonchev–Trinajstić information content (AvgIpc) is 3.04. The summed E-state index contributed by atoms with van der Waals surface area (Å²) < 4.78 is 4.90. The minimum Gasteiger partial charge on any atom is -0.351 e. The fraction of sp³-hybridized carbons (Fsp3) is 0.0556. The maximum atomic E-state index is 12.0. The topological polar surface area (TPSA) is 96.3 Å². The first-order chi connectivity index (χ1) is 12.1. The lowest BCUT2D eigenvalue weighted by Crippen LogP contribution is -2.19. The molecule has 1 aromatic heterocycles. The van der Waals surface area contributed by atoms with E-state index in [1.54, 1.807) is 49.4 Å². The summed E-state index contributed by atoms with van der Waals surface area (Å²) in [6, 6.07) is 17.1. The molecule has 3 rings (SSSR count). The van der Waals surface area contributed by atoms with Crippen LogP contribution in [0.3, 0.4) is 0 Å². The second-order valence-electron chi connectivity index (χ2n) is 5.31. The van der Waals surface area contributed by atoms with Crippen LogP contribution in [0, 0.1) is 6.92 Å². The first-order valence-electron chi connectivity index (χ1n) is 7.58. The quantitative estimate of drug-likeness (QED) is 0.673. The Hall–Kier alpha value is -3.61. The first kappa shape index (κ1) is 16.3. The lowest BCUT2D eigenvalue weighted by molar-refractivity contribution is 0.0988. The Balaban J connectivity index is 1.56. The van der Waals surface area contributed by atoms with Crippen LogP contribution < -0.4 is 16.0 Å². The molecule has 0 fully saturated rings. The normalized spacial score (nSPS) is 10.1. The summed E-state index contributed by atoms with van der Waals surface area (Å²) >= 11 is 0. The van der Waals surface area contributed by atoms with Gasteiger partial charge in [0.05, 0.1) is 5.69 Å². The van der Waals surface area contributed by atoms with Gasteiger partial charge in [-0.2, -0.15) is 0 Å². The molecule has 0 aliphatic heterocycles. The van der Waals surface area contributed by atoms with Gasteiger partial charge in [0, 0.05) is 23.1 Å². The molecule has 0 aliphatic carbocycles. The average molecular weight is 336 g/mol. The van der Waals surface area contributed by atoms with E-state index in [0.717, 1.165) is 0 Å². The Labute approximate surface area is 144 Å². The molecular weight excluding hydrogens is 320 g/mol. The molecule has 3 aromatic rings. The minimum absolute atomic E-state index is 0.141. The zero-order chi connectivity index (χ0) is 17.6. The lowest BCUT2D eigenvalue weighted by atomic mass is 10.2. The number of aryl methyl sites for hydroxylation is 1. The molecule has 0 aliphatic rings. The van der Waals surface area contributed by atoms with Gasteiger partial charge in [0.1, 0.15) is 0 Å². The molecule has 0 saturated heterocycles. The minimum atomic E-state index is -0.386. The molecule has 3 N–H and O–H groups in total. The summed E-state index contributed by atoms with van der Waals surface area (Å²) in [5.74, 6) is -0.245. The molecule has 7 nitrogen and oxygen atoms in total. The molecular formula is C18H16N4O3. The van der Waals surface area contributed by atoms with E-state index in [-0.39, 0.29) is 17.7 Å². The number of carbonyl (C=O) groups is 2. The Kier molecular flexibility index (Phi) is 4.75. The molecule has 2 aromatic carbocycles. The number of nitrogens with zero attached hydrogens (tertiary/aromatic N) is 1. The van der Waals surface area contributed by atoms with E-state index in [2.05, 4.69) is 21.1 Å². The monoisotopic (exact) mass is 336 g/mol. The second-order valence-corrected chi connectivity index (χ2v) is 5.31. The standard InChI is InChI=1S/C18H16N4O3/c1-12-11-16(25-22-12)17(23)19-14-7-9-15(10-8-14)21-18(24)20-13-5-3-2-4-6-13/h2-11H,1H3,(H,19,23)(H2,20,21,24). The number of aromatic nitrogens is 1. The predicted molar refractivity (Wildman–Crippen MR) is 94.7 cm³/mol. The number of hydrogen-bond donors (Lipinski definition) is 3. The van der Waals surface area contributed by atoms with Crippen molar-refractivity contribution in [3.05, 3.63) is 72.1 Å². The van der Waals surface area contributed by atoms with Crippen molar-refractivity contribution in [3.8, 4) is 0 Å². The van der Waals surface area contributed by atoms with Crippen LogP contribution in [0.15, 0.2) is 65.2 Å². The number of benzene rings is 2. The SMILES string of the molecule is Cc1cc(C(=O)Nc2ccc(NC(=O)Nc3ccccc3)cc2)on1. The van der Waals surface area contributed by atoms with Crippen LogP contribution in [0.25, 0.3) is 0 Å². The molecule has 0 radical (unpaired) electrons. The Morgan fingerprint density at radius 1 is 0.840 bits per heavy atom. The molecule has 0 saturated carbocycles. The van der Waals surface area contributed by atoms with E-state index in [0.29, 0.717) is 22.8 Å². The van der Waals surface area contributed by atoms with Crippen molar-refractivity contribution in [2.45, 2.75) is 6.92 Å². The molecule has 7 heteroatoms. The molecule has 1 heterocycles. The highest BCUT2D eigenvalue weighted by molar-refractivity contribution is 6.03. The number of para-hydroxylation sites is 1. The third-order valence-corrected chi connectivity index (χ3v) is 3.28. The van der Waals surface area contributed by atoms with E-state index >= 15 is 0 Å². The maximum Gasteiger partial charge on any atom is 0.323 e. The van der Waals surface area contributed by atoms with Crippen LogP contribution in [0.1, 0.15) is 16.2 Å². The summed E-state index contributed by atoms with van der Waals surface area (Å²) in [5, 5.41) is 11.8. The van der Waals surface area contributed by atoms with Crippen LogP contribution in [-0.2, 0) is 0 Å². The number of nitrogens with one attached hydrogen (secondary N) is 3. The van der Waals surface area contributed by atoms with Crippen molar-refractivity contribution in [1.29, 1.82) is 0 Å².